The number of hydrogen-bond acceptors (Lipinski definition) is 5. The first kappa shape index (κ1) is 20.0. The van der Waals surface area contributed by atoms with Crippen molar-refractivity contribution in [3.05, 3.63) is 49.9 Å². The standard InChI is InChI=1S/C19H19ClN2O3S/c1-4-7-22-12(2)8-14(13(22)3)9-15(10-21)19(24)25-11-16(23)17-5-6-18(20)26-17/h5-6,8-9H,4,7,11H2,1-3H3/b15-9-. The summed E-state index contributed by atoms with van der Waals surface area (Å²) in [5.74, 6) is -1.17. The molecule has 5 nitrogen and oxygen atoms in total. The molecule has 0 bridgehead atoms. The van der Waals surface area contributed by atoms with Crippen molar-refractivity contribution >= 4 is 40.8 Å². The van der Waals surface area contributed by atoms with Crippen LogP contribution >= 0.6 is 22.9 Å². The lowest BCUT2D eigenvalue weighted by Gasteiger charge is -2.07. The number of nitrogens with zero attached hydrogens (tertiary/aromatic N) is 2. The van der Waals surface area contributed by atoms with E-state index >= 15 is 0 Å². The second-order valence-corrected chi connectivity index (χ2v) is 7.47. The van der Waals surface area contributed by atoms with Crippen molar-refractivity contribution in [3.63, 3.8) is 0 Å². The molecule has 0 saturated carbocycles. The van der Waals surface area contributed by atoms with Crippen LogP contribution in [0.4, 0.5) is 0 Å². The van der Waals surface area contributed by atoms with Crippen molar-refractivity contribution in [2.24, 2.45) is 0 Å². The van der Waals surface area contributed by atoms with E-state index in [1.807, 2.05) is 26.0 Å². The number of carbonyl (C=O) groups is 2. The summed E-state index contributed by atoms with van der Waals surface area (Å²) in [4.78, 5) is 24.5. The molecule has 0 unspecified atom stereocenters. The van der Waals surface area contributed by atoms with Gasteiger partial charge in [-0.25, -0.2) is 4.79 Å². The van der Waals surface area contributed by atoms with Gasteiger partial charge in [0.25, 0.3) is 0 Å². The molecule has 26 heavy (non-hydrogen) atoms. The second kappa shape index (κ2) is 8.84. The molecule has 0 aliphatic heterocycles. The Balaban J connectivity index is 2.11. The fraction of sp³-hybridized carbons (Fsp3) is 0.316. The van der Waals surface area contributed by atoms with Gasteiger partial charge >= 0.3 is 5.97 Å². The Morgan fingerprint density at radius 3 is 2.69 bits per heavy atom. The van der Waals surface area contributed by atoms with Gasteiger partial charge in [-0.1, -0.05) is 18.5 Å². The summed E-state index contributed by atoms with van der Waals surface area (Å²) in [6.07, 6.45) is 2.49. The van der Waals surface area contributed by atoms with E-state index in [4.69, 9.17) is 16.3 Å². The lowest BCUT2D eigenvalue weighted by atomic mass is 10.1. The van der Waals surface area contributed by atoms with Gasteiger partial charge in [-0.3, -0.25) is 4.79 Å². The average molecular weight is 391 g/mol. The van der Waals surface area contributed by atoms with Crippen molar-refractivity contribution in [3.8, 4) is 6.07 Å². The molecule has 0 aliphatic rings. The number of halogens is 1. The van der Waals surface area contributed by atoms with E-state index in [1.165, 1.54) is 6.08 Å². The minimum absolute atomic E-state index is 0.140. The normalized spacial score (nSPS) is 11.3. The Labute approximate surface area is 161 Å². The summed E-state index contributed by atoms with van der Waals surface area (Å²) in [6.45, 7) is 6.46. The smallest absolute Gasteiger partial charge is 0.349 e. The first-order valence-corrected chi connectivity index (χ1v) is 9.31. The monoisotopic (exact) mass is 390 g/mol. The number of thiophene rings is 1. The number of ketones is 1. The first-order valence-electron chi connectivity index (χ1n) is 8.11. The summed E-state index contributed by atoms with van der Waals surface area (Å²) in [5, 5.41) is 9.29. The number of Topliss-reactive ketones (excluding diaryl/α,β-unsaturated/α-hetero) is 1. The predicted octanol–water partition coefficient (Wildman–Crippen LogP) is 4.56. The van der Waals surface area contributed by atoms with E-state index in [2.05, 4.69) is 11.5 Å². The Morgan fingerprint density at radius 2 is 2.12 bits per heavy atom. The highest BCUT2D eigenvalue weighted by Gasteiger charge is 2.17. The van der Waals surface area contributed by atoms with Crippen LogP contribution in [-0.2, 0) is 16.1 Å². The van der Waals surface area contributed by atoms with E-state index in [1.54, 1.807) is 12.1 Å². The molecule has 0 spiro atoms. The van der Waals surface area contributed by atoms with Crippen molar-refractivity contribution in [1.82, 2.24) is 4.57 Å². The van der Waals surface area contributed by atoms with Gasteiger partial charge in [-0.2, -0.15) is 5.26 Å². The first-order chi connectivity index (χ1) is 12.4. The summed E-state index contributed by atoms with van der Waals surface area (Å²) in [7, 11) is 0. The van der Waals surface area contributed by atoms with Gasteiger partial charge in [0.05, 0.1) is 9.21 Å². The molecule has 0 aliphatic carbocycles. The van der Waals surface area contributed by atoms with Crippen molar-refractivity contribution in [2.75, 3.05) is 6.61 Å². The van der Waals surface area contributed by atoms with E-state index in [9.17, 15) is 14.9 Å². The molecule has 7 heteroatoms. The molecule has 2 aromatic heterocycles. The van der Waals surface area contributed by atoms with Gasteiger partial charge in [0.2, 0.25) is 5.78 Å². The molecule has 0 fully saturated rings. The third kappa shape index (κ3) is 4.63. The zero-order valence-corrected chi connectivity index (χ0v) is 16.4. The Morgan fingerprint density at radius 1 is 1.38 bits per heavy atom. The molecule has 0 N–H and O–H groups in total. The van der Waals surface area contributed by atoms with Gasteiger partial charge in [0.1, 0.15) is 11.6 Å². The van der Waals surface area contributed by atoms with E-state index < -0.39 is 12.6 Å². The topological polar surface area (TPSA) is 72.1 Å². The van der Waals surface area contributed by atoms with Crippen LogP contribution in [0.2, 0.25) is 4.34 Å². The molecular formula is C19H19ClN2O3S. The lowest BCUT2D eigenvalue weighted by Crippen LogP contribution is -2.14. The fourth-order valence-corrected chi connectivity index (χ4v) is 3.55. The molecule has 2 aromatic rings. The van der Waals surface area contributed by atoms with Crippen molar-refractivity contribution in [2.45, 2.75) is 33.7 Å². The average Bonchev–Trinajstić information content (AvgIpc) is 3.16. The third-order valence-electron chi connectivity index (χ3n) is 3.88. The second-order valence-electron chi connectivity index (χ2n) is 5.75. The predicted molar refractivity (Wildman–Crippen MR) is 102 cm³/mol. The highest BCUT2D eigenvalue weighted by molar-refractivity contribution is 7.18. The van der Waals surface area contributed by atoms with Crippen LogP contribution in [0.5, 0.6) is 0 Å². The van der Waals surface area contributed by atoms with E-state index in [-0.39, 0.29) is 11.4 Å². The van der Waals surface area contributed by atoms with Crippen LogP contribution in [0, 0.1) is 25.2 Å². The molecule has 0 saturated heterocycles. The molecule has 2 rings (SSSR count). The molecule has 0 atom stereocenters. The van der Waals surface area contributed by atoms with E-state index in [0.29, 0.717) is 9.21 Å². The van der Waals surface area contributed by atoms with Crippen LogP contribution in [0.25, 0.3) is 6.08 Å². The van der Waals surface area contributed by atoms with Crippen molar-refractivity contribution in [1.29, 1.82) is 5.26 Å². The lowest BCUT2D eigenvalue weighted by molar-refractivity contribution is -0.137. The number of rotatable bonds is 7. The van der Waals surface area contributed by atoms with Gasteiger partial charge in [-0.15, -0.1) is 11.3 Å². The third-order valence-corrected chi connectivity index (χ3v) is 5.15. The SMILES string of the molecule is CCCn1c(C)cc(/C=C(/C#N)C(=O)OCC(=O)c2ccc(Cl)s2)c1C. The van der Waals surface area contributed by atoms with Crippen LogP contribution in [0.1, 0.15) is 40.0 Å². The zero-order valence-electron chi connectivity index (χ0n) is 14.8. The number of aromatic nitrogens is 1. The van der Waals surface area contributed by atoms with Gasteiger partial charge in [-0.05, 0) is 50.1 Å². The van der Waals surface area contributed by atoms with Crippen LogP contribution in [0.15, 0.2) is 23.8 Å². The zero-order chi connectivity index (χ0) is 19.3. The van der Waals surface area contributed by atoms with Crippen molar-refractivity contribution < 1.29 is 14.3 Å². The minimum Gasteiger partial charge on any atom is -0.453 e. The summed E-state index contributed by atoms with van der Waals surface area (Å²) < 4.78 is 7.62. The number of esters is 1. The molecule has 2 heterocycles. The maximum Gasteiger partial charge on any atom is 0.349 e. The largest absolute Gasteiger partial charge is 0.453 e. The Hall–Kier alpha value is -2.36. The molecule has 0 amide bonds. The number of hydrogen-bond donors (Lipinski definition) is 0. The van der Waals surface area contributed by atoms with Gasteiger partial charge in [0.15, 0.2) is 6.61 Å². The fourth-order valence-electron chi connectivity index (χ4n) is 2.58. The highest BCUT2D eigenvalue weighted by Crippen LogP contribution is 2.22. The van der Waals surface area contributed by atoms with Crippen LogP contribution in [-0.4, -0.2) is 22.9 Å². The Bertz CT molecular complexity index is 903. The molecule has 0 radical (unpaired) electrons. The Kier molecular flexibility index (Phi) is 6.78. The summed E-state index contributed by atoms with van der Waals surface area (Å²) >= 11 is 6.90. The quantitative estimate of drug-likeness (QED) is 0.300. The maximum absolute atomic E-state index is 12.2. The number of aryl methyl sites for hydroxylation is 1. The van der Waals surface area contributed by atoms with E-state index in [0.717, 1.165) is 41.3 Å². The summed E-state index contributed by atoms with van der Waals surface area (Å²) in [6, 6.07) is 6.96. The van der Waals surface area contributed by atoms with Crippen LogP contribution < -0.4 is 0 Å². The molecule has 136 valence electrons. The van der Waals surface area contributed by atoms with Gasteiger partial charge < -0.3 is 9.30 Å². The summed E-state index contributed by atoms with van der Waals surface area (Å²) in [5.41, 5.74) is 2.69. The number of carbonyl (C=O) groups excluding carboxylic acids is 2. The molecule has 0 aromatic carbocycles. The minimum atomic E-state index is -0.816. The maximum atomic E-state index is 12.2. The van der Waals surface area contributed by atoms with Crippen LogP contribution in [0.3, 0.4) is 0 Å². The number of nitriles is 1. The van der Waals surface area contributed by atoms with Gasteiger partial charge in [0, 0.05) is 17.9 Å². The number of ether oxygens (including phenoxy) is 1. The molecular weight excluding hydrogens is 372 g/mol. The highest BCUT2D eigenvalue weighted by atomic mass is 35.5.